The SMILES string of the molecule is O=C(Nc1ccc(Cl)cc1)c1cc2n(n1)CC(c1ccc(Cl)cc1)OC2. The number of rotatable bonds is 3. The van der Waals surface area contributed by atoms with Crippen LogP contribution in [0.5, 0.6) is 0 Å². The maximum Gasteiger partial charge on any atom is 0.276 e. The molecule has 1 aromatic heterocycles. The normalized spacial score (nSPS) is 16.2. The van der Waals surface area contributed by atoms with Crippen LogP contribution in [0.25, 0.3) is 0 Å². The molecular formula is C19H15Cl2N3O2. The van der Waals surface area contributed by atoms with Gasteiger partial charge in [-0.1, -0.05) is 35.3 Å². The summed E-state index contributed by atoms with van der Waals surface area (Å²) in [7, 11) is 0. The van der Waals surface area contributed by atoms with Gasteiger partial charge in [0.05, 0.1) is 18.8 Å². The summed E-state index contributed by atoms with van der Waals surface area (Å²) in [4.78, 5) is 12.4. The summed E-state index contributed by atoms with van der Waals surface area (Å²) in [6.45, 7) is 0.944. The largest absolute Gasteiger partial charge is 0.365 e. The third kappa shape index (κ3) is 3.60. The highest BCUT2D eigenvalue weighted by Gasteiger charge is 2.24. The second-order valence-corrected chi connectivity index (χ2v) is 6.89. The van der Waals surface area contributed by atoms with Crippen molar-refractivity contribution in [1.82, 2.24) is 9.78 Å². The van der Waals surface area contributed by atoms with Crippen LogP contribution in [0, 0.1) is 0 Å². The van der Waals surface area contributed by atoms with Crippen LogP contribution in [0.2, 0.25) is 10.0 Å². The first kappa shape index (κ1) is 17.1. The molecule has 1 unspecified atom stereocenters. The van der Waals surface area contributed by atoms with Crippen molar-refractivity contribution >= 4 is 34.8 Å². The summed E-state index contributed by atoms with van der Waals surface area (Å²) in [5.74, 6) is -0.266. The Labute approximate surface area is 160 Å². The number of amides is 1. The quantitative estimate of drug-likeness (QED) is 0.707. The third-order valence-electron chi connectivity index (χ3n) is 4.21. The van der Waals surface area contributed by atoms with E-state index in [9.17, 15) is 4.79 Å². The molecule has 26 heavy (non-hydrogen) atoms. The zero-order chi connectivity index (χ0) is 18.1. The van der Waals surface area contributed by atoms with E-state index in [-0.39, 0.29) is 12.0 Å². The minimum atomic E-state index is -0.266. The topological polar surface area (TPSA) is 56.2 Å². The molecule has 132 valence electrons. The molecule has 3 aromatic rings. The standard InChI is InChI=1S/C19H15Cl2N3O2/c20-13-3-1-12(2-4-13)18-10-24-16(11-26-18)9-17(23-24)19(25)22-15-7-5-14(21)6-8-15/h1-9,18H,10-11H2,(H,22,25). The first-order valence-corrected chi connectivity index (χ1v) is 8.85. The van der Waals surface area contributed by atoms with Gasteiger partial charge in [-0.3, -0.25) is 9.48 Å². The smallest absolute Gasteiger partial charge is 0.276 e. The number of aromatic nitrogens is 2. The van der Waals surface area contributed by atoms with Crippen LogP contribution in [0.4, 0.5) is 5.69 Å². The fourth-order valence-electron chi connectivity index (χ4n) is 2.84. The molecule has 0 fully saturated rings. The van der Waals surface area contributed by atoms with Crippen LogP contribution in [-0.2, 0) is 17.9 Å². The Morgan fingerprint density at radius 2 is 1.73 bits per heavy atom. The Balaban J connectivity index is 1.49. The Hall–Kier alpha value is -2.34. The highest BCUT2D eigenvalue weighted by atomic mass is 35.5. The first-order chi connectivity index (χ1) is 12.6. The van der Waals surface area contributed by atoms with E-state index in [2.05, 4.69) is 10.4 Å². The molecule has 1 amide bonds. The van der Waals surface area contributed by atoms with Crippen molar-refractivity contribution in [3.8, 4) is 0 Å². The van der Waals surface area contributed by atoms with Gasteiger partial charge in [0.15, 0.2) is 5.69 Å². The number of carbonyl (C=O) groups is 1. The number of anilines is 1. The molecule has 1 aliphatic rings. The molecule has 1 atom stereocenters. The third-order valence-corrected chi connectivity index (χ3v) is 4.71. The van der Waals surface area contributed by atoms with E-state index < -0.39 is 0 Å². The van der Waals surface area contributed by atoms with E-state index >= 15 is 0 Å². The molecule has 0 saturated carbocycles. The Morgan fingerprint density at radius 3 is 2.42 bits per heavy atom. The lowest BCUT2D eigenvalue weighted by atomic mass is 10.1. The van der Waals surface area contributed by atoms with Gasteiger partial charge in [0.25, 0.3) is 5.91 Å². The van der Waals surface area contributed by atoms with Gasteiger partial charge in [0, 0.05) is 15.7 Å². The van der Waals surface area contributed by atoms with E-state index in [1.54, 1.807) is 30.3 Å². The van der Waals surface area contributed by atoms with E-state index in [0.717, 1.165) is 11.3 Å². The number of ether oxygens (including phenoxy) is 1. The minimum Gasteiger partial charge on any atom is -0.365 e. The summed E-state index contributed by atoms with van der Waals surface area (Å²) in [5, 5.41) is 8.55. The van der Waals surface area contributed by atoms with Crippen LogP contribution < -0.4 is 5.32 Å². The first-order valence-electron chi connectivity index (χ1n) is 8.09. The van der Waals surface area contributed by atoms with Gasteiger partial charge < -0.3 is 10.1 Å². The summed E-state index contributed by atoms with van der Waals surface area (Å²) in [5.41, 5.74) is 2.93. The van der Waals surface area contributed by atoms with Gasteiger partial charge in [-0.05, 0) is 48.0 Å². The minimum absolute atomic E-state index is 0.119. The van der Waals surface area contributed by atoms with Gasteiger partial charge in [0.1, 0.15) is 6.10 Å². The van der Waals surface area contributed by atoms with Gasteiger partial charge in [0.2, 0.25) is 0 Å². The van der Waals surface area contributed by atoms with Crippen LogP contribution in [0.1, 0.15) is 27.8 Å². The van der Waals surface area contributed by atoms with E-state index in [0.29, 0.717) is 34.6 Å². The second kappa shape index (κ2) is 7.11. The molecule has 1 N–H and O–H groups in total. The monoisotopic (exact) mass is 387 g/mol. The molecule has 2 aromatic carbocycles. The van der Waals surface area contributed by atoms with Crippen LogP contribution >= 0.6 is 23.2 Å². The predicted octanol–water partition coefficient (Wildman–Crippen LogP) is 4.71. The van der Waals surface area contributed by atoms with Gasteiger partial charge >= 0.3 is 0 Å². The number of benzene rings is 2. The summed E-state index contributed by atoms with van der Waals surface area (Å²) >= 11 is 11.8. The lowest BCUT2D eigenvalue weighted by Gasteiger charge is -2.24. The lowest BCUT2D eigenvalue weighted by Crippen LogP contribution is -2.22. The molecule has 0 saturated heterocycles. The number of nitrogens with zero attached hydrogens (tertiary/aromatic N) is 2. The number of hydrogen-bond donors (Lipinski definition) is 1. The van der Waals surface area contributed by atoms with Crippen molar-refractivity contribution in [3.05, 3.63) is 81.6 Å². The van der Waals surface area contributed by atoms with Crippen molar-refractivity contribution in [2.24, 2.45) is 0 Å². The van der Waals surface area contributed by atoms with Crippen molar-refractivity contribution in [2.45, 2.75) is 19.3 Å². The number of halogens is 2. The van der Waals surface area contributed by atoms with Gasteiger partial charge in [-0.25, -0.2) is 0 Å². The van der Waals surface area contributed by atoms with Gasteiger partial charge in [-0.15, -0.1) is 0 Å². The Kier molecular flexibility index (Phi) is 4.68. The molecule has 5 nitrogen and oxygen atoms in total. The number of carbonyl (C=O) groups excluding carboxylic acids is 1. The lowest BCUT2D eigenvalue weighted by molar-refractivity contribution is -0.00118. The Bertz CT molecular complexity index is 936. The molecule has 1 aliphatic heterocycles. The second-order valence-electron chi connectivity index (χ2n) is 6.02. The summed E-state index contributed by atoms with van der Waals surface area (Å²) < 4.78 is 7.72. The fourth-order valence-corrected chi connectivity index (χ4v) is 3.10. The van der Waals surface area contributed by atoms with Crippen LogP contribution in [-0.4, -0.2) is 15.7 Å². The predicted molar refractivity (Wildman–Crippen MR) is 101 cm³/mol. The van der Waals surface area contributed by atoms with Crippen molar-refractivity contribution < 1.29 is 9.53 Å². The number of hydrogen-bond acceptors (Lipinski definition) is 3. The van der Waals surface area contributed by atoms with E-state index in [1.807, 2.05) is 28.9 Å². The zero-order valence-corrected chi connectivity index (χ0v) is 15.2. The van der Waals surface area contributed by atoms with Crippen LogP contribution in [0.15, 0.2) is 54.6 Å². The summed E-state index contributed by atoms with van der Waals surface area (Å²) in [6.07, 6.45) is -0.119. The molecule has 4 rings (SSSR count). The molecule has 7 heteroatoms. The van der Waals surface area contributed by atoms with E-state index in [4.69, 9.17) is 27.9 Å². The highest BCUT2D eigenvalue weighted by molar-refractivity contribution is 6.30. The molecular weight excluding hydrogens is 373 g/mol. The molecule has 0 bridgehead atoms. The Morgan fingerprint density at radius 1 is 1.08 bits per heavy atom. The van der Waals surface area contributed by atoms with Gasteiger partial charge in [-0.2, -0.15) is 5.10 Å². The number of fused-ring (bicyclic) bond motifs is 1. The zero-order valence-electron chi connectivity index (χ0n) is 13.7. The van der Waals surface area contributed by atoms with Crippen molar-refractivity contribution in [3.63, 3.8) is 0 Å². The van der Waals surface area contributed by atoms with Crippen molar-refractivity contribution in [1.29, 1.82) is 0 Å². The molecule has 0 radical (unpaired) electrons. The van der Waals surface area contributed by atoms with Crippen molar-refractivity contribution in [2.75, 3.05) is 5.32 Å². The van der Waals surface area contributed by atoms with E-state index in [1.165, 1.54) is 0 Å². The van der Waals surface area contributed by atoms with Crippen LogP contribution in [0.3, 0.4) is 0 Å². The number of nitrogens with one attached hydrogen (secondary N) is 1. The highest BCUT2D eigenvalue weighted by Crippen LogP contribution is 2.27. The summed E-state index contributed by atoms with van der Waals surface area (Å²) in [6, 6.07) is 16.2. The fraction of sp³-hybridized carbons (Fsp3) is 0.158. The maximum absolute atomic E-state index is 12.4. The molecule has 0 aliphatic carbocycles. The molecule has 2 heterocycles. The average molecular weight is 388 g/mol. The average Bonchev–Trinajstić information content (AvgIpc) is 3.08. The molecule has 0 spiro atoms. The maximum atomic E-state index is 12.4.